The van der Waals surface area contributed by atoms with Gasteiger partial charge in [0.2, 0.25) is 0 Å². The molecule has 1 heterocycles. The van der Waals surface area contributed by atoms with Gasteiger partial charge in [0.25, 0.3) is 0 Å². The van der Waals surface area contributed by atoms with Gasteiger partial charge in [-0.25, -0.2) is 0 Å². The van der Waals surface area contributed by atoms with Crippen LogP contribution in [0.4, 0.5) is 0 Å². The number of rotatable bonds is 6. The zero-order chi connectivity index (χ0) is 10.4. The molecule has 0 amide bonds. The van der Waals surface area contributed by atoms with Gasteiger partial charge in [0.1, 0.15) is 0 Å². The maximum atomic E-state index is 5.76. The first-order valence-electron chi connectivity index (χ1n) is 4.42. The Morgan fingerprint density at radius 3 is 3.00 bits per heavy atom. The molecule has 1 atom stereocenters. The van der Waals surface area contributed by atoms with Crippen molar-refractivity contribution in [3.63, 3.8) is 0 Å². The maximum Gasteiger partial charge on any atom is 0.0701 e. The molecule has 0 aromatic carbocycles. The van der Waals surface area contributed by atoms with Crippen LogP contribution in [-0.2, 0) is 11.3 Å². The van der Waals surface area contributed by atoms with Crippen LogP contribution in [0.25, 0.3) is 0 Å². The van der Waals surface area contributed by atoms with Gasteiger partial charge in [0, 0.05) is 31.1 Å². The fourth-order valence-corrected chi connectivity index (χ4v) is 2.55. The van der Waals surface area contributed by atoms with Crippen molar-refractivity contribution in [3.8, 4) is 0 Å². The standard InChI is InChI=1S/C9H15BrN2OS/c1-13-6-7(11)4-12-5-8-2-3-9(10)14-8/h2-3,7,12H,4-6,11H2,1H3. The fourth-order valence-electron chi connectivity index (χ4n) is 1.10. The third-order valence-electron chi connectivity index (χ3n) is 1.72. The third kappa shape index (κ3) is 4.52. The SMILES string of the molecule is COCC(N)CNCc1ccc(Br)s1. The summed E-state index contributed by atoms with van der Waals surface area (Å²) < 4.78 is 6.10. The van der Waals surface area contributed by atoms with E-state index in [4.69, 9.17) is 10.5 Å². The smallest absolute Gasteiger partial charge is 0.0701 e. The minimum atomic E-state index is 0.0726. The van der Waals surface area contributed by atoms with E-state index >= 15 is 0 Å². The normalized spacial score (nSPS) is 13.1. The lowest BCUT2D eigenvalue weighted by Gasteiger charge is -2.10. The Kier molecular flexibility index (Phi) is 5.66. The van der Waals surface area contributed by atoms with Gasteiger partial charge in [-0.15, -0.1) is 11.3 Å². The number of nitrogens with two attached hydrogens (primary N) is 1. The zero-order valence-electron chi connectivity index (χ0n) is 8.13. The molecule has 1 aromatic rings. The van der Waals surface area contributed by atoms with Crippen LogP contribution in [0.2, 0.25) is 0 Å². The third-order valence-corrected chi connectivity index (χ3v) is 3.34. The highest BCUT2D eigenvalue weighted by atomic mass is 79.9. The molecule has 1 rings (SSSR count). The van der Waals surface area contributed by atoms with Crippen LogP contribution < -0.4 is 11.1 Å². The molecule has 1 unspecified atom stereocenters. The Labute approximate surface area is 96.8 Å². The highest BCUT2D eigenvalue weighted by molar-refractivity contribution is 9.11. The van der Waals surface area contributed by atoms with Gasteiger partial charge in [-0.2, -0.15) is 0 Å². The predicted octanol–water partition coefficient (Wildman–Crippen LogP) is 1.57. The van der Waals surface area contributed by atoms with Gasteiger partial charge in [-0.05, 0) is 28.1 Å². The Hall–Kier alpha value is 0.0600. The molecule has 0 aliphatic carbocycles. The quantitative estimate of drug-likeness (QED) is 0.831. The number of hydrogen-bond acceptors (Lipinski definition) is 4. The van der Waals surface area contributed by atoms with Crippen LogP contribution in [0.1, 0.15) is 4.88 Å². The number of nitrogens with one attached hydrogen (secondary N) is 1. The van der Waals surface area contributed by atoms with Crippen LogP contribution in [0.15, 0.2) is 15.9 Å². The molecule has 0 fully saturated rings. The van der Waals surface area contributed by atoms with Gasteiger partial charge in [-0.3, -0.25) is 0 Å². The van der Waals surface area contributed by atoms with Crippen molar-refractivity contribution in [2.45, 2.75) is 12.6 Å². The van der Waals surface area contributed by atoms with Crippen LogP contribution in [0, 0.1) is 0 Å². The molecule has 14 heavy (non-hydrogen) atoms. The summed E-state index contributed by atoms with van der Waals surface area (Å²) in [6, 6.07) is 4.23. The number of hydrogen-bond donors (Lipinski definition) is 2. The van der Waals surface area contributed by atoms with Gasteiger partial charge in [0.05, 0.1) is 10.4 Å². The van der Waals surface area contributed by atoms with Crippen molar-refractivity contribution in [1.82, 2.24) is 5.32 Å². The molecule has 0 spiro atoms. The molecule has 0 aliphatic heterocycles. The molecule has 0 saturated carbocycles. The molecule has 0 bridgehead atoms. The molecule has 1 aromatic heterocycles. The lowest BCUT2D eigenvalue weighted by atomic mass is 10.3. The first-order chi connectivity index (χ1) is 6.72. The van der Waals surface area contributed by atoms with E-state index in [0.29, 0.717) is 6.61 Å². The van der Waals surface area contributed by atoms with Crippen molar-refractivity contribution in [2.24, 2.45) is 5.73 Å². The maximum absolute atomic E-state index is 5.76. The highest BCUT2D eigenvalue weighted by Crippen LogP contribution is 2.21. The minimum Gasteiger partial charge on any atom is -0.383 e. The summed E-state index contributed by atoms with van der Waals surface area (Å²) in [7, 11) is 1.66. The average Bonchev–Trinajstić information content (AvgIpc) is 2.52. The largest absolute Gasteiger partial charge is 0.383 e. The highest BCUT2D eigenvalue weighted by Gasteiger charge is 2.01. The Bertz CT molecular complexity index is 267. The molecule has 5 heteroatoms. The van der Waals surface area contributed by atoms with Crippen molar-refractivity contribution in [3.05, 3.63) is 20.8 Å². The van der Waals surface area contributed by atoms with E-state index in [1.165, 1.54) is 4.88 Å². The van der Waals surface area contributed by atoms with Crippen LogP contribution >= 0.6 is 27.3 Å². The Morgan fingerprint density at radius 1 is 1.64 bits per heavy atom. The molecular formula is C9H15BrN2OS. The van der Waals surface area contributed by atoms with E-state index in [0.717, 1.165) is 16.9 Å². The lowest BCUT2D eigenvalue weighted by Crippen LogP contribution is -2.36. The molecule has 0 radical (unpaired) electrons. The summed E-state index contributed by atoms with van der Waals surface area (Å²) in [5.41, 5.74) is 5.76. The molecule has 3 nitrogen and oxygen atoms in total. The number of thiophene rings is 1. The summed E-state index contributed by atoms with van der Waals surface area (Å²) in [4.78, 5) is 1.31. The molecule has 0 aliphatic rings. The lowest BCUT2D eigenvalue weighted by molar-refractivity contribution is 0.179. The Morgan fingerprint density at radius 2 is 2.43 bits per heavy atom. The van der Waals surface area contributed by atoms with Gasteiger partial charge >= 0.3 is 0 Å². The number of ether oxygens (including phenoxy) is 1. The summed E-state index contributed by atoms with van der Waals surface area (Å²) in [5.74, 6) is 0. The van der Waals surface area contributed by atoms with E-state index in [1.54, 1.807) is 18.4 Å². The first kappa shape index (κ1) is 12.1. The average molecular weight is 279 g/mol. The zero-order valence-corrected chi connectivity index (χ0v) is 10.5. The molecule has 0 saturated heterocycles. The van der Waals surface area contributed by atoms with Crippen LogP contribution in [0.3, 0.4) is 0 Å². The van der Waals surface area contributed by atoms with Gasteiger partial charge in [0.15, 0.2) is 0 Å². The van der Waals surface area contributed by atoms with Crippen molar-refractivity contribution < 1.29 is 4.74 Å². The Balaban J connectivity index is 2.15. The first-order valence-corrected chi connectivity index (χ1v) is 6.02. The van der Waals surface area contributed by atoms with Crippen molar-refractivity contribution >= 4 is 27.3 Å². The minimum absolute atomic E-state index is 0.0726. The second kappa shape index (κ2) is 6.53. The van der Waals surface area contributed by atoms with Crippen molar-refractivity contribution in [2.75, 3.05) is 20.3 Å². The number of halogens is 1. The predicted molar refractivity (Wildman–Crippen MR) is 63.6 cm³/mol. The second-order valence-electron chi connectivity index (χ2n) is 3.05. The van der Waals surface area contributed by atoms with E-state index in [-0.39, 0.29) is 6.04 Å². The van der Waals surface area contributed by atoms with E-state index in [1.807, 2.05) is 0 Å². The fraction of sp³-hybridized carbons (Fsp3) is 0.556. The van der Waals surface area contributed by atoms with Crippen molar-refractivity contribution in [1.29, 1.82) is 0 Å². The second-order valence-corrected chi connectivity index (χ2v) is 5.60. The monoisotopic (exact) mass is 278 g/mol. The summed E-state index contributed by atoms with van der Waals surface area (Å²) in [6.07, 6.45) is 0. The van der Waals surface area contributed by atoms with Crippen LogP contribution in [0.5, 0.6) is 0 Å². The topological polar surface area (TPSA) is 47.3 Å². The van der Waals surface area contributed by atoms with E-state index in [9.17, 15) is 0 Å². The van der Waals surface area contributed by atoms with Crippen LogP contribution in [-0.4, -0.2) is 26.3 Å². The number of methoxy groups -OCH3 is 1. The van der Waals surface area contributed by atoms with Gasteiger partial charge in [-0.1, -0.05) is 0 Å². The van der Waals surface area contributed by atoms with E-state index in [2.05, 4.69) is 33.4 Å². The summed E-state index contributed by atoms with van der Waals surface area (Å²) in [5, 5.41) is 3.28. The molecule has 3 N–H and O–H groups in total. The summed E-state index contributed by atoms with van der Waals surface area (Å²) in [6.45, 7) is 2.25. The molecule has 80 valence electrons. The molecular weight excluding hydrogens is 264 g/mol. The summed E-state index contributed by atoms with van der Waals surface area (Å²) >= 11 is 5.16. The van der Waals surface area contributed by atoms with E-state index < -0.39 is 0 Å². The van der Waals surface area contributed by atoms with Gasteiger partial charge < -0.3 is 15.8 Å².